The number of carbonyl (C=O) groups excluding carboxylic acids is 1. The highest BCUT2D eigenvalue weighted by Gasteiger charge is 2.34. The molecule has 1 heterocycles. The lowest BCUT2D eigenvalue weighted by Crippen LogP contribution is -2.55. The van der Waals surface area contributed by atoms with Gasteiger partial charge in [0, 0.05) is 25.7 Å². The Bertz CT molecular complexity index is 419. The molecule has 19 heavy (non-hydrogen) atoms. The fraction of sp³-hybridized carbons (Fsp3) is 0.533. The third-order valence-corrected chi connectivity index (χ3v) is 3.69. The minimum absolute atomic E-state index is 0. The molecule has 1 aromatic rings. The van der Waals surface area contributed by atoms with Crippen LogP contribution in [0.25, 0.3) is 0 Å². The van der Waals surface area contributed by atoms with Gasteiger partial charge >= 0.3 is 0 Å². The van der Waals surface area contributed by atoms with E-state index in [0.717, 1.165) is 25.2 Å². The van der Waals surface area contributed by atoms with E-state index in [0.29, 0.717) is 6.04 Å². The van der Waals surface area contributed by atoms with Crippen LogP contribution in [-0.2, 0) is 10.2 Å². The van der Waals surface area contributed by atoms with Gasteiger partial charge in [0.25, 0.3) is 0 Å². The molecule has 1 fully saturated rings. The summed E-state index contributed by atoms with van der Waals surface area (Å²) in [6, 6.07) is 10.4. The van der Waals surface area contributed by atoms with Gasteiger partial charge in [0.05, 0.1) is 5.41 Å². The second-order valence-electron chi connectivity index (χ2n) is 5.60. The normalized spacial score (nSPS) is 19.7. The maximum absolute atomic E-state index is 12.7. The first kappa shape index (κ1) is 16.0. The van der Waals surface area contributed by atoms with Crippen molar-refractivity contribution in [1.82, 2.24) is 10.2 Å². The number of nitrogens with zero attached hydrogens (tertiary/aromatic N) is 1. The van der Waals surface area contributed by atoms with Crippen LogP contribution in [-0.4, -0.2) is 36.5 Å². The number of hydrogen-bond acceptors (Lipinski definition) is 2. The number of hydrogen-bond donors (Lipinski definition) is 1. The van der Waals surface area contributed by atoms with Crippen LogP contribution in [0.3, 0.4) is 0 Å². The number of piperazine rings is 1. The Labute approximate surface area is 121 Å². The maximum atomic E-state index is 12.7. The van der Waals surface area contributed by atoms with Crippen molar-refractivity contribution >= 4 is 18.3 Å². The van der Waals surface area contributed by atoms with Gasteiger partial charge in [-0.15, -0.1) is 12.4 Å². The summed E-state index contributed by atoms with van der Waals surface area (Å²) in [5, 5.41) is 3.36. The first-order valence-electron chi connectivity index (χ1n) is 6.60. The van der Waals surface area contributed by atoms with Crippen LogP contribution in [0, 0.1) is 0 Å². The van der Waals surface area contributed by atoms with Crippen LogP contribution >= 0.6 is 12.4 Å². The first-order chi connectivity index (χ1) is 8.51. The Morgan fingerprint density at radius 1 is 1.32 bits per heavy atom. The molecule has 0 bridgehead atoms. The fourth-order valence-electron chi connectivity index (χ4n) is 2.49. The SMILES string of the molecule is C[C@@H]1CN(C(=O)C(C)(C)c2ccccc2)CCN1.Cl. The van der Waals surface area contributed by atoms with Gasteiger partial charge in [-0.05, 0) is 26.3 Å². The van der Waals surface area contributed by atoms with Gasteiger partial charge in [0.15, 0.2) is 0 Å². The summed E-state index contributed by atoms with van der Waals surface area (Å²) in [4.78, 5) is 14.6. The molecule has 1 N–H and O–H groups in total. The first-order valence-corrected chi connectivity index (χ1v) is 6.60. The fourth-order valence-corrected chi connectivity index (χ4v) is 2.49. The third kappa shape index (κ3) is 3.48. The van der Waals surface area contributed by atoms with E-state index in [4.69, 9.17) is 0 Å². The van der Waals surface area contributed by atoms with E-state index in [1.807, 2.05) is 49.1 Å². The van der Waals surface area contributed by atoms with Crippen molar-refractivity contribution in [2.45, 2.75) is 32.2 Å². The summed E-state index contributed by atoms with van der Waals surface area (Å²) in [6.07, 6.45) is 0. The summed E-state index contributed by atoms with van der Waals surface area (Å²) in [6.45, 7) is 8.63. The topological polar surface area (TPSA) is 32.3 Å². The molecule has 1 amide bonds. The van der Waals surface area contributed by atoms with Crippen molar-refractivity contribution in [2.75, 3.05) is 19.6 Å². The molecule has 1 aliphatic heterocycles. The minimum atomic E-state index is -0.446. The highest BCUT2D eigenvalue weighted by Crippen LogP contribution is 2.25. The van der Waals surface area contributed by atoms with Gasteiger partial charge in [-0.1, -0.05) is 30.3 Å². The van der Waals surface area contributed by atoms with E-state index in [9.17, 15) is 4.79 Å². The number of rotatable bonds is 2. The molecule has 3 nitrogen and oxygen atoms in total. The monoisotopic (exact) mass is 282 g/mol. The standard InChI is InChI=1S/C15H22N2O.ClH/c1-12-11-17(10-9-16-12)14(18)15(2,3)13-7-5-4-6-8-13;/h4-8,12,16H,9-11H2,1-3H3;1H/t12-;/m1./s1. The Morgan fingerprint density at radius 2 is 1.95 bits per heavy atom. The molecule has 0 aromatic heterocycles. The molecule has 2 rings (SSSR count). The van der Waals surface area contributed by atoms with Crippen LogP contribution in [0.4, 0.5) is 0 Å². The zero-order valence-electron chi connectivity index (χ0n) is 11.8. The average Bonchev–Trinajstić information content (AvgIpc) is 2.39. The summed E-state index contributed by atoms with van der Waals surface area (Å²) >= 11 is 0. The molecule has 1 aliphatic rings. The number of amides is 1. The summed E-state index contributed by atoms with van der Waals surface area (Å²) in [7, 11) is 0. The van der Waals surface area contributed by atoms with Gasteiger partial charge in [0.1, 0.15) is 0 Å². The Balaban J connectivity index is 0.00000180. The van der Waals surface area contributed by atoms with E-state index in [1.54, 1.807) is 0 Å². The number of carbonyl (C=O) groups is 1. The molecular weight excluding hydrogens is 260 g/mol. The van der Waals surface area contributed by atoms with Crippen molar-refractivity contribution in [1.29, 1.82) is 0 Å². The Kier molecular flexibility index (Phi) is 5.39. The van der Waals surface area contributed by atoms with E-state index in [1.165, 1.54) is 0 Å². The van der Waals surface area contributed by atoms with Crippen LogP contribution < -0.4 is 5.32 Å². The summed E-state index contributed by atoms with van der Waals surface area (Å²) in [5.74, 6) is 0.224. The van der Waals surface area contributed by atoms with Gasteiger partial charge < -0.3 is 10.2 Å². The van der Waals surface area contributed by atoms with E-state index < -0.39 is 5.41 Å². The molecule has 1 saturated heterocycles. The zero-order chi connectivity index (χ0) is 13.2. The second kappa shape index (κ2) is 6.40. The third-order valence-electron chi connectivity index (χ3n) is 3.69. The lowest BCUT2D eigenvalue weighted by Gasteiger charge is -2.37. The van der Waals surface area contributed by atoms with Gasteiger partial charge in [-0.2, -0.15) is 0 Å². The zero-order valence-corrected chi connectivity index (χ0v) is 12.7. The smallest absolute Gasteiger partial charge is 0.232 e. The molecule has 0 radical (unpaired) electrons. The van der Waals surface area contributed by atoms with Crippen molar-refractivity contribution in [2.24, 2.45) is 0 Å². The summed E-state index contributed by atoms with van der Waals surface area (Å²) in [5.41, 5.74) is 0.638. The number of halogens is 1. The molecule has 4 heteroatoms. The molecule has 1 aromatic carbocycles. The van der Waals surface area contributed by atoms with Crippen LogP contribution in [0.1, 0.15) is 26.3 Å². The molecule has 106 valence electrons. The van der Waals surface area contributed by atoms with Crippen molar-refractivity contribution < 1.29 is 4.79 Å². The number of benzene rings is 1. The predicted molar refractivity (Wildman–Crippen MR) is 80.8 cm³/mol. The Hall–Kier alpha value is -1.06. The van der Waals surface area contributed by atoms with Crippen LogP contribution in [0.2, 0.25) is 0 Å². The van der Waals surface area contributed by atoms with Crippen LogP contribution in [0.15, 0.2) is 30.3 Å². The maximum Gasteiger partial charge on any atom is 0.232 e. The van der Waals surface area contributed by atoms with E-state index in [2.05, 4.69) is 12.2 Å². The van der Waals surface area contributed by atoms with Gasteiger partial charge in [-0.3, -0.25) is 4.79 Å². The molecular formula is C15H23ClN2O. The Morgan fingerprint density at radius 3 is 2.53 bits per heavy atom. The molecule has 0 spiro atoms. The lowest BCUT2D eigenvalue weighted by molar-refractivity contribution is -0.137. The van der Waals surface area contributed by atoms with Gasteiger partial charge in [-0.25, -0.2) is 0 Å². The highest BCUT2D eigenvalue weighted by atomic mass is 35.5. The van der Waals surface area contributed by atoms with E-state index >= 15 is 0 Å². The minimum Gasteiger partial charge on any atom is -0.339 e. The average molecular weight is 283 g/mol. The molecule has 0 saturated carbocycles. The highest BCUT2D eigenvalue weighted by molar-refractivity contribution is 5.87. The predicted octanol–water partition coefficient (Wildman–Crippen LogP) is 2.21. The van der Waals surface area contributed by atoms with Gasteiger partial charge in [0.2, 0.25) is 5.91 Å². The largest absolute Gasteiger partial charge is 0.339 e. The summed E-state index contributed by atoms with van der Waals surface area (Å²) < 4.78 is 0. The molecule has 1 atom stereocenters. The quantitative estimate of drug-likeness (QED) is 0.902. The van der Waals surface area contributed by atoms with Crippen molar-refractivity contribution in [3.63, 3.8) is 0 Å². The number of nitrogens with one attached hydrogen (secondary N) is 1. The second-order valence-corrected chi connectivity index (χ2v) is 5.60. The van der Waals surface area contributed by atoms with Crippen molar-refractivity contribution in [3.8, 4) is 0 Å². The van der Waals surface area contributed by atoms with E-state index in [-0.39, 0.29) is 18.3 Å². The van der Waals surface area contributed by atoms with Crippen LogP contribution in [0.5, 0.6) is 0 Å². The molecule has 0 unspecified atom stereocenters. The van der Waals surface area contributed by atoms with Crippen molar-refractivity contribution in [3.05, 3.63) is 35.9 Å². The molecule has 0 aliphatic carbocycles. The lowest BCUT2D eigenvalue weighted by atomic mass is 9.83.